The molecule has 0 bridgehead atoms. The van der Waals surface area contributed by atoms with Gasteiger partial charge < -0.3 is 9.84 Å². The van der Waals surface area contributed by atoms with E-state index in [1.54, 1.807) is 19.1 Å². The van der Waals surface area contributed by atoms with Crippen LogP contribution < -0.4 is 10.3 Å². The van der Waals surface area contributed by atoms with Gasteiger partial charge in [-0.05, 0) is 31.0 Å². The molecule has 0 amide bonds. The number of nitriles is 1. The molecular formula is C18H17FN2O4. The fourth-order valence-corrected chi connectivity index (χ4v) is 2.49. The molecule has 7 heteroatoms. The highest BCUT2D eigenvalue weighted by molar-refractivity contribution is 6.03. The van der Waals surface area contributed by atoms with Crippen molar-refractivity contribution in [3.8, 4) is 17.7 Å². The van der Waals surface area contributed by atoms with E-state index in [0.717, 1.165) is 4.57 Å². The Morgan fingerprint density at radius 2 is 2.08 bits per heavy atom. The van der Waals surface area contributed by atoms with E-state index in [4.69, 9.17) is 10.00 Å². The molecule has 0 spiro atoms. The Kier molecular flexibility index (Phi) is 5.22. The first-order chi connectivity index (χ1) is 11.8. The number of carbonyl (C=O) groups excluding carboxylic acids is 1. The molecule has 6 nitrogen and oxygen atoms in total. The van der Waals surface area contributed by atoms with E-state index in [0.29, 0.717) is 0 Å². The lowest BCUT2D eigenvalue weighted by Gasteiger charge is -2.19. The number of ether oxygens (including phenoxy) is 1. The Balaban J connectivity index is 2.52. The van der Waals surface area contributed by atoms with Crippen LogP contribution in [0.1, 0.15) is 34.8 Å². The summed E-state index contributed by atoms with van der Waals surface area (Å²) in [5.74, 6) is -1.90. The van der Waals surface area contributed by atoms with E-state index in [9.17, 15) is 19.1 Å². The minimum absolute atomic E-state index is 0.0729. The Labute approximate surface area is 143 Å². The zero-order chi connectivity index (χ0) is 18.7. The summed E-state index contributed by atoms with van der Waals surface area (Å²) < 4.78 is 20.1. The second kappa shape index (κ2) is 7.18. The van der Waals surface area contributed by atoms with E-state index in [2.05, 4.69) is 0 Å². The first-order valence-corrected chi connectivity index (χ1v) is 7.61. The van der Waals surface area contributed by atoms with Crippen molar-refractivity contribution in [2.24, 2.45) is 7.05 Å². The molecular weight excluding hydrogens is 327 g/mol. The zero-order valence-corrected chi connectivity index (χ0v) is 14.0. The summed E-state index contributed by atoms with van der Waals surface area (Å²) in [5.41, 5.74) is -1.04. The molecule has 130 valence electrons. The van der Waals surface area contributed by atoms with Gasteiger partial charge in [0.05, 0.1) is 5.56 Å². The molecule has 0 aliphatic rings. The predicted molar refractivity (Wildman–Crippen MR) is 88.2 cm³/mol. The van der Waals surface area contributed by atoms with E-state index in [1.807, 2.05) is 0 Å². The fraction of sp³-hybridized carbons (Fsp3) is 0.278. The fourth-order valence-electron chi connectivity index (χ4n) is 2.49. The number of hydrogen-bond acceptors (Lipinski definition) is 5. The Morgan fingerprint density at radius 1 is 1.44 bits per heavy atom. The van der Waals surface area contributed by atoms with E-state index in [1.165, 1.54) is 32.2 Å². The molecule has 0 radical (unpaired) electrons. The molecule has 2 rings (SSSR count). The molecule has 1 heterocycles. The Bertz CT molecular complexity index is 928. The number of aromatic nitrogens is 1. The molecule has 1 N–H and O–H groups in total. The number of aromatic hydroxyl groups is 1. The summed E-state index contributed by atoms with van der Waals surface area (Å²) in [6, 6.07) is 7.40. The first-order valence-electron chi connectivity index (χ1n) is 7.61. The third kappa shape index (κ3) is 3.24. The zero-order valence-electron chi connectivity index (χ0n) is 14.0. The number of hydrogen-bond donors (Lipinski definition) is 1. The summed E-state index contributed by atoms with van der Waals surface area (Å²) in [6.07, 6.45) is -0.873. The Hall–Kier alpha value is -3.14. The smallest absolute Gasteiger partial charge is 0.271 e. The van der Waals surface area contributed by atoms with E-state index in [-0.39, 0.29) is 28.9 Å². The molecule has 1 aromatic carbocycles. The van der Waals surface area contributed by atoms with Crippen LogP contribution in [0.15, 0.2) is 29.1 Å². The summed E-state index contributed by atoms with van der Waals surface area (Å²) in [7, 11) is 1.26. The third-order valence-corrected chi connectivity index (χ3v) is 3.94. The molecule has 2 aromatic rings. The van der Waals surface area contributed by atoms with Crippen LogP contribution in [-0.4, -0.2) is 21.6 Å². The number of pyridine rings is 1. The van der Waals surface area contributed by atoms with Crippen molar-refractivity contribution in [3.05, 3.63) is 57.1 Å². The second-order valence-electron chi connectivity index (χ2n) is 5.48. The molecule has 0 aliphatic carbocycles. The third-order valence-electron chi connectivity index (χ3n) is 3.94. The number of Topliss-reactive ketones (excluding diaryl/α,β-unsaturated/α-hetero) is 1. The van der Waals surface area contributed by atoms with Crippen molar-refractivity contribution >= 4 is 5.78 Å². The largest absolute Gasteiger partial charge is 0.494 e. The van der Waals surface area contributed by atoms with Crippen molar-refractivity contribution in [2.75, 3.05) is 0 Å². The molecule has 0 fully saturated rings. The van der Waals surface area contributed by atoms with Gasteiger partial charge in [0.2, 0.25) is 11.7 Å². The van der Waals surface area contributed by atoms with Crippen molar-refractivity contribution in [2.45, 2.75) is 26.4 Å². The van der Waals surface area contributed by atoms with Gasteiger partial charge in [-0.3, -0.25) is 14.2 Å². The van der Waals surface area contributed by atoms with Crippen LogP contribution >= 0.6 is 0 Å². The maximum Gasteiger partial charge on any atom is 0.271 e. The maximum absolute atomic E-state index is 13.8. The van der Waals surface area contributed by atoms with Crippen LogP contribution in [0.25, 0.3) is 0 Å². The summed E-state index contributed by atoms with van der Waals surface area (Å²) in [5, 5.41) is 19.4. The van der Waals surface area contributed by atoms with Gasteiger partial charge in [-0.25, -0.2) is 4.39 Å². The van der Waals surface area contributed by atoms with Crippen LogP contribution in [0, 0.1) is 24.1 Å². The van der Waals surface area contributed by atoms with E-state index >= 15 is 0 Å². The van der Waals surface area contributed by atoms with Crippen LogP contribution in [-0.2, 0) is 7.05 Å². The lowest BCUT2D eigenvalue weighted by molar-refractivity contribution is 0.0774. The maximum atomic E-state index is 13.8. The van der Waals surface area contributed by atoms with Gasteiger partial charge in [-0.1, -0.05) is 19.1 Å². The van der Waals surface area contributed by atoms with Crippen LogP contribution in [0.2, 0.25) is 0 Å². The lowest BCUT2D eigenvalue weighted by atomic mass is 9.97. The highest BCUT2D eigenvalue weighted by Crippen LogP contribution is 2.26. The summed E-state index contributed by atoms with van der Waals surface area (Å²) in [4.78, 5) is 24.8. The number of ketones is 1. The average Bonchev–Trinajstić information content (AvgIpc) is 2.59. The number of para-hydroxylation sites is 1. The van der Waals surface area contributed by atoms with Crippen molar-refractivity contribution in [1.29, 1.82) is 5.26 Å². The number of rotatable bonds is 5. The van der Waals surface area contributed by atoms with Crippen molar-refractivity contribution in [3.63, 3.8) is 0 Å². The molecule has 25 heavy (non-hydrogen) atoms. The predicted octanol–water partition coefficient (Wildman–Crippen LogP) is 2.45. The number of carbonyl (C=O) groups is 1. The van der Waals surface area contributed by atoms with Crippen LogP contribution in [0.5, 0.6) is 11.6 Å². The highest BCUT2D eigenvalue weighted by atomic mass is 19.1. The first kappa shape index (κ1) is 18.2. The molecule has 0 saturated carbocycles. The van der Waals surface area contributed by atoms with Gasteiger partial charge >= 0.3 is 0 Å². The van der Waals surface area contributed by atoms with Crippen LogP contribution in [0.3, 0.4) is 0 Å². The molecule has 1 atom stereocenters. The minimum Gasteiger partial charge on any atom is -0.494 e. The quantitative estimate of drug-likeness (QED) is 0.841. The number of benzene rings is 1. The summed E-state index contributed by atoms with van der Waals surface area (Å²) in [6.45, 7) is 3.08. The highest BCUT2D eigenvalue weighted by Gasteiger charge is 2.29. The number of halogens is 1. The topological polar surface area (TPSA) is 92.3 Å². The van der Waals surface area contributed by atoms with Gasteiger partial charge in [-0.15, -0.1) is 0 Å². The average molecular weight is 344 g/mol. The normalized spacial score (nSPS) is 11.6. The van der Waals surface area contributed by atoms with Gasteiger partial charge in [0.15, 0.2) is 17.7 Å². The molecule has 1 unspecified atom stereocenters. The molecule has 1 aromatic heterocycles. The van der Waals surface area contributed by atoms with Crippen molar-refractivity contribution < 1.29 is 19.0 Å². The SMILES string of the molecule is CCC(Oc1ccccc1F)C(=O)c1c(C)c(C#N)c(=O)n(C)c1O. The number of nitrogens with zero attached hydrogens (tertiary/aromatic N) is 2. The summed E-state index contributed by atoms with van der Waals surface area (Å²) >= 11 is 0. The second-order valence-corrected chi connectivity index (χ2v) is 5.48. The minimum atomic E-state index is -1.08. The van der Waals surface area contributed by atoms with E-state index < -0.39 is 29.1 Å². The standard InChI is InChI=1S/C18H17FN2O4/c1-4-13(25-14-8-6-5-7-12(14)19)16(22)15-10(2)11(9-20)17(23)21(3)18(15)24/h5-8,13,24H,4H2,1-3H3. The lowest BCUT2D eigenvalue weighted by Crippen LogP contribution is -2.31. The van der Waals surface area contributed by atoms with Gasteiger partial charge in [0, 0.05) is 7.05 Å². The molecule has 0 aliphatic heterocycles. The van der Waals surface area contributed by atoms with Gasteiger partial charge in [0.25, 0.3) is 5.56 Å². The van der Waals surface area contributed by atoms with Crippen LogP contribution in [0.4, 0.5) is 4.39 Å². The molecule has 0 saturated heterocycles. The van der Waals surface area contributed by atoms with Gasteiger partial charge in [0.1, 0.15) is 11.6 Å². The van der Waals surface area contributed by atoms with Crippen molar-refractivity contribution in [1.82, 2.24) is 4.57 Å². The van der Waals surface area contributed by atoms with Gasteiger partial charge in [-0.2, -0.15) is 5.26 Å². The Morgan fingerprint density at radius 3 is 2.64 bits per heavy atom. The monoisotopic (exact) mass is 344 g/mol.